The van der Waals surface area contributed by atoms with Crippen molar-refractivity contribution in [3.8, 4) is 11.4 Å². The first-order chi connectivity index (χ1) is 13.0. The molecule has 138 valence electrons. The van der Waals surface area contributed by atoms with Crippen LogP contribution >= 0.6 is 11.8 Å². The fourth-order valence-electron chi connectivity index (χ4n) is 3.42. The third kappa shape index (κ3) is 2.75. The van der Waals surface area contributed by atoms with Crippen molar-refractivity contribution in [1.29, 1.82) is 0 Å². The molecule has 0 spiro atoms. The molecule has 2 heterocycles. The number of benzene rings is 2. The fourth-order valence-corrected chi connectivity index (χ4v) is 4.61. The summed E-state index contributed by atoms with van der Waals surface area (Å²) in [6, 6.07) is 16.3. The number of carbonyl (C=O) groups is 1. The van der Waals surface area contributed by atoms with Crippen LogP contribution in [-0.2, 0) is 11.8 Å². The Bertz CT molecular complexity index is 1070. The van der Waals surface area contributed by atoms with Crippen molar-refractivity contribution in [2.24, 2.45) is 7.05 Å². The van der Waals surface area contributed by atoms with E-state index in [2.05, 4.69) is 0 Å². The van der Waals surface area contributed by atoms with Crippen LogP contribution in [0.15, 0.2) is 59.4 Å². The zero-order valence-electron chi connectivity index (χ0n) is 15.0. The Hall–Kier alpha value is -2.93. The molecule has 6 nitrogen and oxygen atoms in total. The van der Waals surface area contributed by atoms with Gasteiger partial charge in [-0.05, 0) is 25.1 Å². The summed E-state index contributed by atoms with van der Waals surface area (Å²) in [5.41, 5.74) is 2.15. The monoisotopic (exact) mass is 381 g/mol. The predicted molar refractivity (Wildman–Crippen MR) is 107 cm³/mol. The van der Waals surface area contributed by atoms with E-state index in [-0.39, 0.29) is 23.0 Å². The Morgan fingerprint density at radius 3 is 2.41 bits per heavy atom. The first-order valence-electron chi connectivity index (χ1n) is 8.56. The second-order valence-corrected chi connectivity index (χ2v) is 7.46. The lowest BCUT2D eigenvalue weighted by molar-refractivity contribution is -0.115. The highest BCUT2D eigenvalue weighted by Gasteiger charge is 2.39. The maximum absolute atomic E-state index is 13.3. The van der Waals surface area contributed by atoms with Crippen molar-refractivity contribution in [3.05, 3.63) is 76.2 Å². The van der Waals surface area contributed by atoms with Gasteiger partial charge in [-0.15, -0.1) is 11.8 Å². The highest BCUT2D eigenvalue weighted by molar-refractivity contribution is 8.00. The van der Waals surface area contributed by atoms with Crippen LogP contribution in [0.5, 0.6) is 5.75 Å². The number of thioether (sulfide) groups is 1. The zero-order chi connectivity index (χ0) is 19.1. The van der Waals surface area contributed by atoms with Crippen molar-refractivity contribution in [2.75, 3.05) is 10.7 Å². The Kier molecular flexibility index (Phi) is 4.31. The summed E-state index contributed by atoms with van der Waals surface area (Å²) >= 11 is 1.41. The minimum Gasteiger partial charge on any atom is -0.508 e. The molecule has 2 aromatic carbocycles. The highest BCUT2D eigenvalue weighted by atomic mass is 32.2. The van der Waals surface area contributed by atoms with Gasteiger partial charge in [0, 0.05) is 12.6 Å². The fraction of sp³-hybridized carbons (Fsp3) is 0.200. The Morgan fingerprint density at radius 2 is 1.70 bits per heavy atom. The first-order valence-corrected chi connectivity index (χ1v) is 9.61. The van der Waals surface area contributed by atoms with Gasteiger partial charge in [0.2, 0.25) is 5.91 Å². The molecule has 1 N–H and O–H groups in total. The number of aromatic nitrogens is 2. The topological polar surface area (TPSA) is 67.5 Å². The summed E-state index contributed by atoms with van der Waals surface area (Å²) in [7, 11) is 1.80. The average molecular weight is 381 g/mol. The Morgan fingerprint density at radius 1 is 1.04 bits per heavy atom. The van der Waals surface area contributed by atoms with E-state index in [9.17, 15) is 14.7 Å². The van der Waals surface area contributed by atoms with Crippen LogP contribution in [0.3, 0.4) is 0 Å². The third-order valence-electron chi connectivity index (χ3n) is 4.84. The molecule has 0 bridgehead atoms. The average Bonchev–Trinajstić information content (AvgIpc) is 3.14. The number of phenolic OH excluding ortho intramolecular Hbond substituents is 1. The minimum atomic E-state index is -0.434. The molecule has 1 fully saturated rings. The van der Waals surface area contributed by atoms with E-state index in [1.165, 1.54) is 16.7 Å². The summed E-state index contributed by atoms with van der Waals surface area (Å²) in [6.07, 6.45) is 0. The summed E-state index contributed by atoms with van der Waals surface area (Å²) in [6.45, 7) is 1.83. The molecule has 0 aliphatic carbocycles. The second kappa shape index (κ2) is 6.66. The molecule has 4 rings (SSSR count). The number of nitrogens with zero attached hydrogens (tertiary/aromatic N) is 3. The molecule has 1 aliphatic heterocycles. The maximum Gasteiger partial charge on any atom is 0.295 e. The number of hydrogen-bond acceptors (Lipinski definition) is 4. The van der Waals surface area contributed by atoms with Crippen molar-refractivity contribution in [1.82, 2.24) is 9.36 Å². The van der Waals surface area contributed by atoms with E-state index in [0.717, 1.165) is 5.69 Å². The summed E-state index contributed by atoms with van der Waals surface area (Å²) in [5.74, 6) is 0.240. The molecule has 7 heteroatoms. The lowest BCUT2D eigenvalue weighted by atomic mass is 10.1. The predicted octanol–water partition coefficient (Wildman–Crippen LogP) is 2.97. The van der Waals surface area contributed by atoms with Crippen LogP contribution in [0.1, 0.15) is 16.6 Å². The van der Waals surface area contributed by atoms with Gasteiger partial charge in [-0.1, -0.05) is 36.4 Å². The quantitative estimate of drug-likeness (QED) is 0.757. The highest BCUT2D eigenvalue weighted by Crippen LogP contribution is 2.44. The van der Waals surface area contributed by atoms with Gasteiger partial charge in [0.1, 0.15) is 16.8 Å². The molecule has 0 radical (unpaired) electrons. The normalized spacial score (nSPS) is 16.9. The molecule has 1 saturated heterocycles. The van der Waals surface area contributed by atoms with Gasteiger partial charge in [-0.25, -0.2) is 4.68 Å². The molecular weight excluding hydrogens is 362 g/mol. The number of anilines is 1. The Balaban J connectivity index is 1.89. The van der Waals surface area contributed by atoms with Gasteiger partial charge in [0.05, 0.1) is 17.1 Å². The van der Waals surface area contributed by atoms with E-state index in [1.54, 1.807) is 34.6 Å². The number of carbonyl (C=O) groups excluding carboxylic acids is 1. The molecule has 1 amide bonds. The van der Waals surface area contributed by atoms with Gasteiger partial charge in [0.15, 0.2) is 0 Å². The van der Waals surface area contributed by atoms with Gasteiger partial charge in [-0.3, -0.25) is 19.2 Å². The van der Waals surface area contributed by atoms with Crippen molar-refractivity contribution in [2.45, 2.75) is 12.3 Å². The van der Waals surface area contributed by atoms with Crippen molar-refractivity contribution >= 4 is 23.4 Å². The van der Waals surface area contributed by atoms with E-state index in [0.29, 0.717) is 16.9 Å². The van der Waals surface area contributed by atoms with Gasteiger partial charge < -0.3 is 5.11 Å². The van der Waals surface area contributed by atoms with E-state index in [1.807, 2.05) is 43.3 Å². The van der Waals surface area contributed by atoms with Crippen molar-refractivity contribution in [3.63, 3.8) is 0 Å². The van der Waals surface area contributed by atoms with Crippen LogP contribution < -0.4 is 10.5 Å². The summed E-state index contributed by atoms with van der Waals surface area (Å²) < 4.78 is 3.31. The Labute approximate surface area is 160 Å². The van der Waals surface area contributed by atoms with Gasteiger partial charge >= 0.3 is 0 Å². The number of rotatable bonds is 3. The molecule has 27 heavy (non-hydrogen) atoms. The van der Waals surface area contributed by atoms with Gasteiger partial charge in [-0.2, -0.15) is 0 Å². The largest absolute Gasteiger partial charge is 0.508 e. The molecular formula is C20H19N3O3S. The minimum absolute atomic E-state index is 0.117. The molecule has 0 saturated carbocycles. The number of hydrogen-bond donors (Lipinski definition) is 1. The van der Waals surface area contributed by atoms with E-state index < -0.39 is 5.37 Å². The van der Waals surface area contributed by atoms with Crippen LogP contribution in [0.2, 0.25) is 0 Å². The van der Waals surface area contributed by atoms with Crippen molar-refractivity contribution < 1.29 is 9.90 Å². The summed E-state index contributed by atoms with van der Waals surface area (Å²) in [4.78, 5) is 27.5. The second-order valence-electron chi connectivity index (χ2n) is 6.40. The molecule has 3 aromatic rings. The molecule has 0 unspecified atom stereocenters. The number of amides is 1. The van der Waals surface area contributed by atoms with Crippen LogP contribution in [0.4, 0.5) is 5.69 Å². The number of para-hydroxylation sites is 2. The van der Waals surface area contributed by atoms with Gasteiger partial charge in [0.25, 0.3) is 5.56 Å². The standard InChI is InChI=1S/C20H19N3O3S/c1-13-18(19(26)23(21(13)2)14-8-4-3-5-9-14)22-17(25)12-27-20(22)15-10-6-7-11-16(15)24/h3-11,20,24H,12H2,1-2H3/t20-/m0/s1. The molecule has 1 atom stereocenters. The third-order valence-corrected chi connectivity index (χ3v) is 6.03. The first kappa shape index (κ1) is 17.5. The molecule has 1 aliphatic rings. The zero-order valence-corrected chi connectivity index (χ0v) is 15.8. The maximum atomic E-state index is 13.3. The van der Waals surface area contributed by atoms with Crippen LogP contribution in [0, 0.1) is 6.92 Å². The van der Waals surface area contributed by atoms with E-state index in [4.69, 9.17) is 0 Å². The molecule has 1 aromatic heterocycles. The number of phenols is 1. The lowest BCUT2D eigenvalue weighted by Crippen LogP contribution is -2.33. The smallest absolute Gasteiger partial charge is 0.295 e. The van der Waals surface area contributed by atoms with E-state index >= 15 is 0 Å². The van der Waals surface area contributed by atoms with Crippen LogP contribution in [0.25, 0.3) is 5.69 Å². The lowest BCUT2D eigenvalue weighted by Gasteiger charge is -2.23. The number of aromatic hydroxyl groups is 1. The SMILES string of the molecule is Cc1c(N2C(=O)CS[C@H]2c2ccccc2O)c(=O)n(-c2ccccc2)n1C. The summed E-state index contributed by atoms with van der Waals surface area (Å²) in [5, 5.41) is 9.82. The van der Waals surface area contributed by atoms with Crippen LogP contribution in [-0.4, -0.2) is 26.1 Å².